The summed E-state index contributed by atoms with van der Waals surface area (Å²) in [7, 11) is 1.69. The molecule has 1 aromatic rings. The fourth-order valence-electron chi connectivity index (χ4n) is 3.05. The first kappa shape index (κ1) is 17.3. The van der Waals surface area contributed by atoms with Crippen LogP contribution >= 0.6 is 0 Å². The van der Waals surface area contributed by atoms with Gasteiger partial charge in [-0.15, -0.1) is 0 Å². The summed E-state index contributed by atoms with van der Waals surface area (Å²) in [6, 6.07) is 0. The van der Waals surface area contributed by atoms with Crippen LogP contribution in [-0.4, -0.2) is 47.2 Å². The molecule has 0 aromatic carbocycles. The first-order chi connectivity index (χ1) is 11.1. The molecule has 1 aliphatic rings. The quantitative estimate of drug-likeness (QED) is 0.795. The molecular formula is C16H23N3O4. The van der Waals surface area contributed by atoms with Crippen molar-refractivity contribution in [2.45, 2.75) is 38.5 Å². The Hall–Kier alpha value is -2.02. The number of amides is 1. The standard InChI is InChI=1S/C16H23N3O4/c1-23-8-7-16(5-3-2-4-6-16)11-19-14(20)12-9-18-13(10-17-12)15(21)22/h9-10H,2-8,11H2,1H3,(H,19,20)(H,21,22). The zero-order valence-electron chi connectivity index (χ0n) is 13.4. The summed E-state index contributed by atoms with van der Waals surface area (Å²) < 4.78 is 5.21. The minimum Gasteiger partial charge on any atom is -0.476 e. The van der Waals surface area contributed by atoms with Gasteiger partial charge in [0.25, 0.3) is 5.91 Å². The van der Waals surface area contributed by atoms with Gasteiger partial charge in [0.2, 0.25) is 0 Å². The molecule has 0 spiro atoms. The van der Waals surface area contributed by atoms with Crippen molar-refractivity contribution in [3.05, 3.63) is 23.8 Å². The molecule has 23 heavy (non-hydrogen) atoms. The van der Waals surface area contributed by atoms with Gasteiger partial charge in [0.05, 0.1) is 12.4 Å². The molecule has 0 aliphatic heterocycles. The second-order valence-electron chi connectivity index (χ2n) is 6.08. The van der Waals surface area contributed by atoms with E-state index in [2.05, 4.69) is 15.3 Å². The van der Waals surface area contributed by atoms with Gasteiger partial charge in [-0.05, 0) is 24.7 Å². The molecule has 2 N–H and O–H groups in total. The lowest BCUT2D eigenvalue weighted by Crippen LogP contribution is -2.40. The maximum atomic E-state index is 12.2. The molecule has 1 heterocycles. The molecule has 0 radical (unpaired) electrons. The SMILES string of the molecule is COCCC1(CNC(=O)c2cnc(C(=O)O)cn2)CCCCC1. The number of hydrogen-bond acceptors (Lipinski definition) is 5. The molecule has 1 aliphatic carbocycles. The molecule has 0 bridgehead atoms. The van der Waals surface area contributed by atoms with Crippen molar-refractivity contribution < 1.29 is 19.4 Å². The molecule has 1 aromatic heterocycles. The van der Waals surface area contributed by atoms with E-state index in [9.17, 15) is 9.59 Å². The van der Waals surface area contributed by atoms with Crippen LogP contribution in [0, 0.1) is 5.41 Å². The second kappa shape index (κ2) is 8.01. The van der Waals surface area contributed by atoms with E-state index in [0.29, 0.717) is 13.2 Å². The van der Waals surface area contributed by atoms with E-state index in [0.717, 1.165) is 25.5 Å². The third kappa shape index (κ3) is 4.72. The Bertz CT molecular complexity index is 539. The fourth-order valence-corrected chi connectivity index (χ4v) is 3.05. The Kier molecular flexibility index (Phi) is 6.04. The van der Waals surface area contributed by atoms with Crippen LogP contribution in [0.5, 0.6) is 0 Å². The lowest BCUT2D eigenvalue weighted by molar-refractivity contribution is 0.0688. The summed E-state index contributed by atoms with van der Waals surface area (Å²) in [4.78, 5) is 30.5. The number of rotatable bonds is 7. The first-order valence-electron chi connectivity index (χ1n) is 7.89. The molecule has 1 fully saturated rings. The van der Waals surface area contributed by atoms with Crippen molar-refractivity contribution in [3.63, 3.8) is 0 Å². The summed E-state index contributed by atoms with van der Waals surface area (Å²) in [5.41, 5.74) is 0.0383. The molecule has 0 unspecified atom stereocenters. The first-order valence-corrected chi connectivity index (χ1v) is 7.89. The van der Waals surface area contributed by atoms with Crippen LogP contribution in [0.1, 0.15) is 59.5 Å². The Morgan fingerprint density at radius 2 is 1.87 bits per heavy atom. The summed E-state index contributed by atoms with van der Waals surface area (Å²) in [5, 5.41) is 11.7. The van der Waals surface area contributed by atoms with E-state index in [1.165, 1.54) is 25.5 Å². The van der Waals surface area contributed by atoms with Crippen LogP contribution in [0.15, 0.2) is 12.4 Å². The van der Waals surface area contributed by atoms with Crippen LogP contribution in [0.3, 0.4) is 0 Å². The fraction of sp³-hybridized carbons (Fsp3) is 0.625. The van der Waals surface area contributed by atoms with Crippen molar-refractivity contribution >= 4 is 11.9 Å². The summed E-state index contributed by atoms with van der Waals surface area (Å²) in [6.45, 7) is 1.26. The molecule has 7 nitrogen and oxygen atoms in total. The summed E-state index contributed by atoms with van der Waals surface area (Å²) in [6.07, 6.45) is 8.97. The molecule has 126 valence electrons. The zero-order chi connectivity index (χ0) is 16.7. The van der Waals surface area contributed by atoms with Gasteiger partial charge in [-0.25, -0.2) is 14.8 Å². The Morgan fingerprint density at radius 1 is 1.22 bits per heavy atom. The number of carboxylic acids is 1. The predicted octanol–water partition coefficient (Wildman–Crippen LogP) is 1.89. The molecule has 0 saturated heterocycles. The van der Waals surface area contributed by atoms with E-state index < -0.39 is 5.97 Å². The topological polar surface area (TPSA) is 101 Å². The Balaban J connectivity index is 1.96. The zero-order valence-corrected chi connectivity index (χ0v) is 13.4. The number of methoxy groups -OCH3 is 1. The minimum atomic E-state index is -1.16. The number of carbonyl (C=O) groups excluding carboxylic acids is 1. The maximum Gasteiger partial charge on any atom is 0.356 e. The number of carboxylic acid groups (broad SMARTS) is 1. The third-order valence-corrected chi connectivity index (χ3v) is 4.48. The van der Waals surface area contributed by atoms with Crippen LogP contribution in [0.25, 0.3) is 0 Å². The lowest BCUT2D eigenvalue weighted by atomic mass is 9.72. The van der Waals surface area contributed by atoms with E-state index in [4.69, 9.17) is 9.84 Å². The molecular weight excluding hydrogens is 298 g/mol. The lowest BCUT2D eigenvalue weighted by Gasteiger charge is -2.37. The minimum absolute atomic E-state index is 0.0817. The van der Waals surface area contributed by atoms with Crippen molar-refractivity contribution in [2.75, 3.05) is 20.3 Å². The van der Waals surface area contributed by atoms with Crippen molar-refractivity contribution in [1.82, 2.24) is 15.3 Å². The van der Waals surface area contributed by atoms with E-state index in [-0.39, 0.29) is 22.7 Å². The average Bonchev–Trinajstić information content (AvgIpc) is 2.59. The van der Waals surface area contributed by atoms with Gasteiger partial charge in [0, 0.05) is 20.3 Å². The molecule has 7 heteroatoms. The second-order valence-corrected chi connectivity index (χ2v) is 6.08. The molecule has 1 saturated carbocycles. The Labute approximate surface area is 135 Å². The predicted molar refractivity (Wildman–Crippen MR) is 83.3 cm³/mol. The monoisotopic (exact) mass is 321 g/mol. The largest absolute Gasteiger partial charge is 0.476 e. The van der Waals surface area contributed by atoms with Crippen LogP contribution < -0.4 is 5.32 Å². The van der Waals surface area contributed by atoms with Crippen molar-refractivity contribution in [3.8, 4) is 0 Å². The Morgan fingerprint density at radius 3 is 2.43 bits per heavy atom. The number of nitrogens with zero attached hydrogens (tertiary/aromatic N) is 2. The summed E-state index contributed by atoms with van der Waals surface area (Å²) in [5.74, 6) is -1.48. The van der Waals surface area contributed by atoms with Gasteiger partial charge >= 0.3 is 5.97 Å². The third-order valence-electron chi connectivity index (χ3n) is 4.48. The van der Waals surface area contributed by atoms with Gasteiger partial charge in [-0.1, -0.05) is 19.3 Å². The van der Waals surface area contributed by atoms with Crippen molar-refractivity contribution in [1.29, 1.82) is 0 Å². The van der Waals surface area contributed by atoms with Gasteiger partial charge in [-0.2, -0.15) is 0 Å². The number of ether oxygens (including phenoxy) is 1. The maximum absolute atomic E-state index is 12.2. The van der Waals surface area contributed by atoms with E-state index in [1.54, 1.807) is 7.11 Å². The van der Waals surface area contributed by atoms with Gasteiger partial charge in [0.1, 0.15) is 5.69 Å². The molecule has 0 atom stereocenters. The van der Waals surface area contributed by atoms with Gasteiger partial charge < -0.3 is 15.2 Å². The number of aromatic nitrogens is 2. The number of aromatic carboxylic acids is 1. The highest BCUT2D eigenvalue weighted by atomic mass is 16.5. The summed E-state index contributed by atoms with van der Waals surface area (Å²) >= 11 is 0. The van der Waals surface area contributed by atoms with E-state index in [1.807, 2.05) is 0 Å². The smallest absolute Gasteiger partial charge is 0.356 e. The number of nitrogens with one attached hydrogen (secondary N) is 1. The van der Waals surface area contributed by atoms with Crippen LogP contribution in [0.2, 0.25) is 0 Å². The number of hydrogen-bond donors (Lipinski definition) is 2. The highest BCUT2D eigenvalue weighted by molar-refractivity contribution is 5.92. The number of carbonyl (C=O) groups is 2. The molecule has 1 amide bonds. The normalized spacial score (nSPS) is 16.7. The molecule has 2 rings (SSSR count). The van der Waals surface area contributed by atoms with Crippen LogP contribution in [-0.2, 0) is 4.74 Å². The van der Waals surface area contributed by atoms with Gasteiger partial charge in [-0.3, -0.25) is 4.79 Å². The highest BCUT2D eigenvalue weighted by Crippen LogP contribution is 2.38. The van der Waals surface area contributed by atoms with Crippen molar-refractivity contribution in [2.24, 2.45) is 5.41 Å². The highest BCUT2D eigenvalue weighted by Gasteiger charge is 2.32. The van der Waals surface area contributed by atoms with Gasteiger partial charge in [0.15, 0.2) is 5.69 Å². The average molecular weight is 321 g/mol. The van der Waals surface area contributed by atoms with E-state index >= 15 is 0 Å². The van der Waals surface area contributed by atoms with Crippen LogP contribution in [0.4, 0.5) is 0 Å².